The summed E-state index contributed by atoms with van der Waals surface area (Å²) < 4.78 is 22.7. The fraction of sp³-hybridized carbons (Fsp3) is 0.233. The number of aliphatic imine (C=N–C) groups is 1. The highest BCUT2D eigenvalue weighted by molar-refractivity contribution is 5.89. The first-order valence-corrected chi connectivity index (χ1v) is 13.0. The van der Waals surface area contributed by atoms with Crippen LogP contribution in [0.4, 0.5) is 0 Å². The predicted molar refractivity (Wildman–Crippen MR) is 153 cm³/mol. The number of nitrogens with one attached hydrogen (secondary N) is 1. The van der Waals surface area contributed by atoms with Gasteiger partial charge in [-0.25, -0.2) is 4.99 Å². The zero-order valence-corrected chi connectivity index (χ0v) is 22.9. The van der Waals surface area contributed by atoms with Crippen LogP contribution in [0.2, 0.25) is 0 Å². The molecule has 11 nitrogen and oxygen atoms in total. The van der Waals surface area contributed by atoms with Gasteiger partial charge in [0, 0.05) is 29.7 Å². The normalized spacial score (nSPS) is 12.9. The Hall–Kier alpha value is -5.19. The van der Waals surface area contributed by atoms with Crippen LogP contribution < -0.4 is 15.0 Å². The third-order valence-electron chi connectivity index (χ3n) is 6.46. The number of benzene rings is 1. The number of hydrogen-bond acceptors (Lipinski definition) is 10. The van der Waals surface area contributed by atoms with Crippen molar-refractivity contribution in [2.75, 3.05) is 14.2 Å². The van der Waals surface area contributed by atoms with Crippen LogP contribution >= 0.6 is 0 Å². The highest BCUT2D eigenvalue weighted by Crippen LogP contribution is 2.46. The highest BCUT2D eigenvalue weighted by atomic mass is 16.5. The minimum atomic E-state index is -0.567. The number of aromatic nitrogens is 4. The average molecular weight is 556 g/mol. The SMILES string of the molecule is C=C1C=C(c2cccnc2)N=C(Cc2nnc(-c3c(O)c(-c4c(OC)cccc4OC)c(CCCC)[nH]c3=O)o2)O1. The predicted octanol–water partition coefficient (Wildman–Crippen LogP) is 5.08. The number of allylic oxidation sites excluding steroid dienone is 1. The molecule has 0 fully saturated rings. The third kappa shape index (κ3) is 5.60. The third-order valence-corrected chi connectivity index (χ3v) is 6.46. The van der Waals surface area contributed by atoms with E-state index in [0.29, 0.717) is 46.2 Å². The Kier molecular flexibility index (Phi) is 7.95. The van der Waals surface area contributed by atoms with Crippen LogP contribution in [0.3, 0.4) is 0 Å². The maximum atomic E-state index is 13.3. The van der Waals surface area contributed by atoms with E-state index in [1.165, 1.54) is 14.2 Å². The molecule has 3 aromatic heterocycles. The molecule has 0 amide bonds. The average Bonchev–Trinajstić information content (AvgIpc) is 3.43. The summed E-state index contributed by atoms with van der Waals surface area (Å²) in [6.07, 6.45) is 7.27. The monoisotopic (exact) mass is 555 g/mol. The van der Waals surface area contributed by atoms with E-state index in [1.54, 1.807) is 42.7 Å². The van der Waals surface area contributed by atoms with E-state index in [-0.39, 0.29) is 35.4 Å². The van der Waals surface area contributed by atoms with Gasteiger partial charge in [-0.1, -0.05) is 26.0 Å². The number of pyridine rings is 2. The Labute approximate surface area is 235 Å². The molecule has 4 aromatic rings. The number of ether oxygens (including phenoxy) is 3. The topological polar surface area (TPSA) is 145 Å². The highest BCUT2D eigenvalue weighted by Gasteiger charge is 2.28. The fourth-order valence-corrected chi connectivity index (χ4v) is 4.56. The Morgan fingerprint density at radius 1 is 1.05 bits per heavy atom. The molecule has 1 aromatic carbocycles. The second kappa shape index (κ2) is 11.9. The van der Waals surface area contributed by atoms with E-state index in [9.17, 15) is 9.90 Å². The molecule has 0 unspecified atom stereocenters. The summed E-state index contributed by atoms with van der Waals surface area (Å²) in [4.78, 5) is 24.8. The summed E-state index contributed by atoms with van der Waals surface area (Å²) in [6.45, 7) is 5.93. The number of nitrogens with zero attached hydrogens (tertiary/aromatic N) is 4. The quantitative estimate of drug-likeness (QED) is 0.274. The largest absolute Gasteiger partial charge is 0.506 e. The molecule has 41 heavy (non-hydrogen) atoms. The zero-order valence-electron chi connectivity index (χ0n) is 22.9. The van der Waals surface area contributed by atoms with Crippen molar-refractivity contribution in [3.8, 4) is 39.8 Å². The minimum absolute atomic E-state index is 0.0318. The first-order chi connectivity index (χ1) is 19.9. The summed E-state index contributed by atoms with van der Waals surface area (Å²) >= 11 is 0. The molecular formula is C30H29N5O6. The van der Waals surface area contributed by atoms with Crippen LogP contribution in [0.15, 0.2) is 75.3 Å². The van der Waals surface area contributed by atoms with Gasteiger partial charge in [-0.3, -0.25) is 9.78 Å². The number of H-pyrrole nitrogens is 1. The van der Waals surface area contributed by atoms with E-state index in [2.05, 4.69) is 31.7 Å². The van der Waals surface area contributed by atoms with Crippen molar-refractivity contribution in [3.63, 3.8) is 0 Å². The Balaban J connectivity index is 1.55. The van der Waals surface area contributed by atoms with Crippen LogP contribution in [0.5, 0.6) is 17.2 Å². The molecule has 2 N–H and O–H groups in total. The number of unbranched alkanes of at least 4 members (excludes halogenated alkanes) is 1. The zero-order chi connectivity index (χ0) is 28.9. The number of aromatic amines is 1. The molecular weight excluding hydrogens is 526 g/mol. The number of rotatable bonds is 10. The molecule has 0 saturated heterocycles. The van der Waals surface area contributed by atoms with Crippen LogP contribution in [0.25, 0.3) is 28.3 Å². The molecule has 0 spiro atoms. The van der Waals surface area contributed by atoms with E-state index in [0.717, 1.165) is 18.4 Å². The van der Waals surface area contributed by atoms with Crippen LogP contribution in [-0.4, -0.2) is 45.4 Å². The van der Waals surface area contributed by atoms with E-state index in [4.69, 9.17) is 18.6 Å². The molecule has 0 atom stereocenters. The molecule has 0 bridgehead atoms. The van der Waals surface area contributed by atoms with Crippen molar-refractivity contribution in [1.29, 1.82) is 0 Å². The van der Waals surface area contributed by atoms with Crippen molar-refractivity contribution in [3.05, 3.63) is 88.6 Å². The van der Waals surface area contributed by atoms with E-state index < -0.39 is 5.56 Å². The van der Waals surface area contributed by atoms with Crippen molar-refractivity contribution in [2.24, 2.45) is 4.99 Å². The smallest absolute Gasteiger partial charge is 0.264 e. The van der Waals surface area contributed by atoms with Crippen molar-refractivity contribution >= 4 is 11.6 Å². The van der Waals surface area contributed by atoms with Gasteiger partial charge >= 0.3 is 0 Å². The summed E-state index contributed by atoms with van der Waals surface area (Å²) in [7, 11) is 3.05. The molecule has 0 radical (unpaired) electrons. The second-order valence-corrected chi connectivity index (χ2v) is 9.20. The maximum Gasteiger partial charge on any atom is 0.264 e. The summed E-state index contributed by atoms with van der Waals surface area (Å²) in [5.74, 6) is 1.25. The number of methoxy groups -OCH3 is 2. The van der Waals surface area contributed by atoms with Gasteiger partial charge in [0.1, 0.15) is 35.0 Å². The van der Waals surface area contributed by atoms with Crippen molar-refractivity contribution < 1.29 is 23.7 Å². The molecule has 1 aliphatic heterocycles. The Bertz CT molecular complexity index is 1680. The first-order valence-electron chi connectivity index (χ1n) is 13.0. The molecule has 0 aliphatic carbocycles. The Morgan fingerprint density at radius 3 is 2.51 bits per heavy atom. The first kappa shape index (κ1) is 27.4. The molecule has 11 heteroatoms. The lowest BCUT2D eigenvalue weighted by Crippen LogP contribution is -2.14. The lowest BCUT2D eigenvalue weighted by atomic mass is 9.96. The van der Waals surface area contributed by atoms with Crippen LogP contribution in [0.1, 0.15) is 36.9 Å². The van der Waals surface area contributed by atoms with Crippen molar-refractivity contribution in [1.82, 2.24) is 20.2 Å². The molecule has 5 rings (SSSR count). The summed E-state index contributed by atoms with van der Waals surface area (Å²) in [6, 6.07) is 8.96. The maximum absolute atomic E-state index is 13.3. The van der Waals surface area contributed by atoms with Gasteiger partial charge in [0.05, 0.1) is 31.0 Å². The van der Waals surface area contributed by atoms with Crippen LogP contribution in [0, 0.1) is 0 Å². The summed E-state index contributed by atoms with van der Waals surface area (Å²) in [5.41, 5.74) is 2.08. The standard InChI is InChI=1S/C30H29N5O6/c1-5-6-10-19-25(26-21(38-3)11-7-12-22(26)39-4)28(36)27(29(37)33-19)30-35-34-24(41-30)15-23-32-20(14-17(2)40-23)18-9-8-13-31-16-18/h7-9,11-14,16H,2,5-6,10,15H2,1,3-4H3,(H2,33,36,37). The Morgan fingerprint density at radius 2 is 1.83 bits per heavy atom. The molecule has 0 saturated carbocycles. The van der Waals surface area contributed by atoms with E-state index in [1.807, 2.05) is 13.0 Å². The van der Waals surface area contributed by atoms with Gasteiger partial charge in [0.2, 0.25) is 11.8 Å². The van der Waals surface area contributed by atoms with Gasteiger partial charge < -0.3 is 28.7 Å². The van der Waals surface area contributed by atoms with E-state index >= 15 is 0 Å². The van der Waals surface area contributed by atoms with Gasteiger partial charge in [-0.2, -0.15) is 0 Å². The summed E-state index contributed by atoms with van der Waals surface area (Å²) in [5, 5.41) is 19.7. The minimum Gasteiger partial charge on any atom is -0.506 e. The second-order valence-electron chi connectivity index (χ2n) is 9.20. The lowest BCUT2D eigenvalue weighted by molar-refractivity contribution is 0.396. The van der Waals surface area contributed by atoms with Gasteiger partial charge in [-0.15, -0.1) is 10.2 Å². The molecule has 210 valence electrons. The molecule has 1 aliphatic rings. The fourth-order valence-electron chi connectivity index (χ4n) is 4.56. The van der Waals surface area contributed by atoms with Gasteiger partial charge in [0.25, 0.3) is 11.4 Å². The van der Waals surface area contributed by atoms with Crippen LogP contribution in [-0.2, 0) is 17.6 Å². The number of aryl methyl sites for hydroxylation is 1. The van der Waals surface area contributed by atoms with Crippen molar-refractivity contribution in [2.45, 2.75) is 32.6 Å². The van der Waals surface area contributed by atoms with Gasteiger partial charge in [-0.05, 0) is 37.1 Å². The number of hydrogen-bond donors (Lipinski definition) is 2. The number of aromatic hydroxyl groups is 1. The lowest BCUT2D eigenvalue weighted by Gasteiger charge is -2.18. The van der Waals surface area contributed by atoms with Gasteiger partial charge in [0.15, 0.2) is 0 Å². The molecule has 4 heterocycles.